The lowest BCUT2D eigenvalue weighted by Gasteiger charge is -2.19. The first kappa shape index (κ1) is 19.4. The van der Waals surface area contributed by atoms with Crippen LogP contribution in [0.1, 0.15) is 37.9 Å². The molecule has 0 bridgehead atoms. The Balaban J connectivity index is 1.81. The van der Waals surface area contributed by atoms with Crippen LogP contribution in [0.4, 0.5) is 5.82 Å². The third kappa shape index (κ3) is 3.84. The first-order chi connectivity index (χ1) is 14.1. The van der Waals surface area contributed by atoms with E-state index in [2.05, 4.69) is 36.1 Å². The van der Waals surface area contributed by atoms with Crippen LogP contribution in [0.25, 0.3) is 16.9 Å². The third-order valence-corrected chi connectivity index (χ3v) is 5.75. The number of carbonyl (C=O) groups excluding carboxylic acids is 1. The zero-order valence-corrected chi connectivity index (χ0v) is 17.6. The summed E-state index contributed by atoms with van der Waals surface area (Å²) >= 11 is 0. The second kappa shape index (κ2) is 8.23. The predicted molar refractivity (Wildman–Crippen MR) is 116 cm³/mol. The molecule has 0 unspecified atom stereocenters. The highest BCUT2D eigenvalue weighted by Gasteiger charge is 2.22. The Kier molecular flexibility index (Phi) is 5.51. The topological polar surface area (TPSA) is 53.7 Å². The molecule has 0 saturated carbocycles. The van der Waals surface area contributed by atoms with Crippen molar-refractivity contribution in [2.45, 2.75) is 40.0 Å². The first-order valence-electron chi connectivity index (χ1n) is 10.6. The molecule has 1 amide bonds. The summed E-state index contributed by atoms with van der Waals surface area (Å²) in [6, 6.07) is 12.4. The minimum absolute atomic E-state index is 0.110. The average molecular weight is 392 g/mol. The van der Waals surface area contributed by atoms with Gasteiger partial charge in [-0.2, -0.15) is 0 Å². The van der Waals surface area contributed by atoms with Gasteiger partial charge in [-0.05, 0) is 45.7 Å². The Morgan fingerprint density at radius 3 is 2.38 bits per heavy atom. The van der Waals surface area contributed by atoms with Crippen molar-refractivity contribution in [1.29, 1.82) is 0 Å². The van der Waals surface area contributed by atoms with Crippen molar-refractivity contribution in [2.75, 3.05) is 31.1 Å². The van der Waals surface area contributed by atoms with Crippen molar-refractivity contribution in [3.63, 3.8) is 0 Å². The van der Waals surface area contributed by atoms with E-state index in [4.69, 9.17) is 10.1 Å². The van der Waals surface area contributed by atoms with Gasteiger partial charge in [0, 0.05) is 31.7 Å². The standard InChI is InChI=1S/C23H29N5O/c1-4-26(5-2)22(29)16-19-23(18-10-8-17(3)9-11-18)24-20-12-13-21(25-28(19)20)27-14-6-7-15-27/h8-13H,4-7,14-16H2,1-3H3. The molecule has 1 aliphatic heterocycles. The highest BCUT2D eigenvalue weighted by Crippen LogP contribution is 2.27. The molecule has 0 aliphatic carbocycles. The molecule has 1 fully saturated rings. The number of amides is 1. The number of likely N-dealkylation sites (N-methyl/N-ethyl adjacent to an activating group) is 1. The third-order valence-electron chi connectivity index (χ3n) is 5.75. The van der Waals surface area contributed by atoms with E-state index in [1.54, 1.807) is 0 Å². The van der Waals surface area contributed by atoms with Crippen molar-refractivity contribution in [3.8, 4) is 11.3 Å². The van der Waals surface area contributed by atoms with Gasteiger partial charge in [0.25, 0.3) is 0 Å². The molecule has 0 N–H and O–H groups in total. The summed E-state index contributed by atoms with van der Waals surface area (Å²) in [4.78, 5) is 22.0. The summed E-state index contributed by atoms with van der Waals surface area (Å²) in [5.41, 5.74) is 4.71. The Labute approximate surface area is 172 Å². The molecule has 0 radical (unpaired) electrons. The fraction of sp³-hybridized carbons (Fsp3) is 0.435. The van der Waals surface area contributed by atoms with Crippen LogP contribution in [0.3, 0.4) is 0 Å². The molecule has 29 heavy (non-hydrogen) atoms. The Morgan fingerprint density at radius 2 is 1.72 bits per heavy atom. The SMILES string of the molecule is CCN(CC)C(=O)Cc1c(-c2ccc(C)cc2)nc2ccc(N3CCCC3)nn12. The highest BCUT2D eigenvalue weighted by atomic mass is 16.2. The van der Waals surface area contributed by atoms with Crippen LogP contribution in [0.5, 0.6) is 0 Å². The van der Waals surface area contributed by atoms with E-state index in [1.807, 2.05) is 35.4 Å². The molecule has 152 valence electrons. The number of hydrogen-bond donors (Lipinski definition) is 0. The maximum atomic E-state index is 12.9. The maximum absolute atomic E-state index is 12.9. The molecule has 6 heteroatoms. The smallest absolute Gasteiger partial charge is 0.228 e. The summed E-state index contributed by atoms with van der Waals surface area (Å²) in [5.74, 6) is 1.07. The number of imidazole rings is 1. The van der Waals surface area contributed by atoms with Crippen LogP contribution >= 0.6 is 0 Å². The second-order valence-corrected chi connectivity index (χ2v) is 7.67. The largest absolute Gasteiger partial charge is 0.355 e. The van der Waals surface area contributed by atoms with E-state index in [0.29, 0.717) is 19.5 Å². The van der Waals surface area contributed by atoms with E-state index in [1.165, 1.54) is 18.4 Å². The molecule has 6 nitrogen and oxygen atoms in total. The molecular weight excluding hydrogens is 362 g/mol. The second-order valence-electron chi connectivity index (χ2n) is 7.67. The van der Waals surface area contributed by atoms with Crippen molar-refractivity contribution >= 4 is 17.4 Å². The van der Waals surface area contributed by atoms with E-state index < -0.39 is 0 Å². The minimum Gasteiger partial charge on any atom is -0.355 e. The Hall–Kier alpha value is -2.89. The zero-order chi connectivity index (χ0) is 20.4. The molecule has 4 rings (SSSR count). The molecule has 3 aromatic rings. The molecular formula is C23H29N5O. The van der Waals surface area contributed by atoms with Crippen molar-refractivity contribution in [2.24, 2.45) is 0 Å². The summed E-state index contributed by atoms with van der Waals surface area (Å²) in [7, 11) is 0. The fourth-order valence-corrected chi connectivity index (χ4v) is 4.02. The molecule has 1 aliphatic rings. The van der Waals surface area contributed by atoms with Gasteiger partial charge in [-0.1, -0.05) is 29.8 Å². The number of rotatable bonds is 6. The molecule has 0 spiro atoms. The number of fused-ring (bicyclic) bond motifs is 1. The maximum Gasteiger partial charge on any atom is 0.228 e. The lowest BCUT2D eigenvalue weighted by molar-refractivity contribution is -0.130. The molecule has 1 aromatic carbocycles. The normalized spacial score (nSPS) is 14.0. The zero-order valence-electron chi connectivity index (χ0n) is 17.6. The molecule has 0 atom stereocenters. The summed E-state index contributed by atoms with van der Waals surface area (Å²) < 4.78 is 1.88. The monoisotopic (exact) mass is 391 g/mol. The number of aryl methyl sites for hydroxylation is 1. The van der Waals surface area contributed by atoms with Crippen LogP contribution in [0.2, 0.25) is 0 Å². The number of benzene rings is 1. The number of carbonyl (C=O) groups is 1. The summed E-state index contributed by atoms with van der Waals surface area (Å²) in [6.45, 7) is 9.58. The van der Waals surface area contributed by atoms with Gasteiger partial charge >= 0.3 is 0 Å². The Bertz CT molecular complexity index is 998. The fourth-order valence-electron chi connectivity index (χ4n) is 4.02. The molecule has 3 heterocycles. The van der Waals surface area contributed by atoms with Crippen LogP contribution in [0.15, 0.2) is 36.4 Å². The van der Waals surface area contributed by atoms with Crippen molar-refractivity contribution < 1.29 is 4.79 Å². The summed E-state index contributed by atoms with van der Waals surface area (Å²) in [5, 5.41) is 4.89. The van der Waals surface area contributed by atoms with Gasteiger partial charge in [0.05, 0.1) is 17.8 Å². The first-order valence-corrected chi connectivity index (χ1v) is 10.6. The van der Waals surface area contributed by atoms with E-state index in [9.17, 15) is 4.79 Å². The average Bonchev–Trinajstić information content (AvgIpc) is 3.38. The van der Waals surface area contributed by atoms with Gasteiger partial charge in [-0.15, -0.1) is 5.10 Å². The number of anilines is 1. The van der Waals surface area contributed by atoms with Crippen LogP contribution in [-0.2, 0) is 11.2 Å². The van der Waals surface area contributed by atoms with Crippen molar-refractivity contribution in [1.82, 2.24) is 19.5 Å². The highest BCUT2D eigenvalue weighted by molar-refractivity contribution is 5.81. The van der Waals surface area contributed by atoms with E-state index >= 15 is 0 Å². The van der Waals surface area contributed by atoms with Gasteiger partial charge in [0.2, 0.25) is 5.91 Å². The van der Waals surface area contributed by atoms with Gasteiger partial charge in [-0.3, -0.25) is 4.79 Å². The number of hydrogen-bond acceptors (Lipinski definition) is 4. The van der Waals surface area contributed by atoms with Gasteiger partial charge in [0.1, 0.15) is 5.82 Å². The van der Waals surface area contributed by atoms with Crippen LogP contribution in [0, 0.1) is 6.92 Å². The quantitative estimate of drug-likeness (QED) is 0.643. The molecule has 2 aromatic heterocycles. The lowest BCUT2D eigenvalue weighted by Crippen LogP contribution is -2.32. The van der Waals surface area contributed by atoms with E-state index in [0.717, 1.165) is 41.5 Å². The van der Waals surface area contributed by atoms with Gasteiger partial charge in [0.15, 0.2) is 5.65 Å². The van der Waals surface area contributed by atoms with Gasteiger partial charge < -0.3 is 9.80 Å². The molecule has 1 saturated heterocycles. The Morgan fingerprint density at radius 1 is 1.03 bits per heavy atom. The van der Waals surface area contributed by atoms with Crippen LogP contribution < -0.4 is 4.90 Å². The number of aromatic nitrogens is 3. The lowest BCUT2D eigenvalue weighted by atomic mass is 10.1. The van der Waals surface area contributed by atoms with E-state index in [-0.39, 0.29) is 5.91 Å². The predicted octanol–water partition coefficient (Wildman–Crippen LogP) is 3.72. The minimum atomic E-state index is 0.110. The van der Waals surface area contributed by atoms with Gasteiger partial charge in [-0.25, -0.2) is 9.50 Å². The summed E-state index contributed by atoms with van der Waals surface area (Å²) in [6.07, 6.45) is 2.69. The van der Waals surface area contributed by atoms with Crippen molar-refractivity contribution in [3.05, 3.63) is 47.7 Å². The number of nitrogens with zero attached hydrogens (tertiary/aromatic N) is 5. The van der Waals surface area contributed by atoms with Crippen LogP contribution in [-0.4, -0.2) is 51.6 Å².